The maximum Gasteiger partial charge on any atom is 0.227 e. The maximum absolute atomic E-state index is 12.5. The Morgan fingerprint density at radius 2 is 1.43 bits per heavy atom. The SMILES string of the molecule is CC(=O)NCCCNC(=O)C(c1ccc(C(C)C)cc1)C(C)C. The molecule has 0 heterocycles. The molecular weight excluding hydrogens is 288 g/mol. The lowest BCUT2D eigenvalue weighted by Gasteiger charge is -2.21. The second kappa shape index (κ2) is 9.33. The van der Waals surface area contributed by atoms with Gasteiger partial charge in [-0.05, 0) is 29.4 Å². The molecular formula is C19H30N2O2. The number of benzene rings is 1. The third-order valence-electron chi connectivity index (χ3n) is 3.94. The number of rotatable bonds is 8. The Hall–Kier alpha value is -1.84. The van der Waals surface area contributed by atoms with Gasteiger partial charge in [0.1, 0.15) is 0 Å². The summed E-state index contributed by atoms with van der Waals surface area (Å²) in [5.74, 6) is 0.595. The molecule has 128 valence electrons. The summed E-state index contributed by atoms with van der Waals surface area (Å²) in [6, 6.07) is 8.35. The molecule has 1 aromatic carbocycles. The van der Waals surface area contributed by atoms with Crippen LogP contribution in [0.2, 0.25) is 0 Å². The Morgan fingerprint density at radius 3 is 1.91 bits per heavy atom. The van der Waals surface area contributed by atoms with Crippen LogP contribution < -0.4 is 10.6 Å². The van der Waals surface area contributed by atoms with Gasteiger partial charge in [-0.3, -0.25) is 9.59 Å². The van der Waals surface area contributed by atoms with Crippen molar-refractivity contribution in [3.05, 3.63) is 35.4 Å². The Bertz CT molecular complexity index is 507. The van der Waals surface area contributed by atoms with Crippen LogP contribution in [0.1, 0.15) is 64.0 Å². The van der Waals surface area contributed by atoms with Gasteiger partial charge in [0.05, 0.1) is 5.92 Å². The topological polar surface area (TPSA) is 58.2 Å². The summed E-state index contributed by atoms with van der Waals surface area (Å²) < 4.78 is 0. The van der Waals surface area contributed by atoms with Crippen molar-refractivity contribution in [2.24, 2.45) is 5.92 Å². The van der Waals surface area contributed by atoms with Gasteiger partial charge < -0.3 is 10.6 Å². The second-order valence-corrected chi connectivity index (χ2v) is 6.67. The highest BCUT2D eigenvalue weighted by Crippen LogP contribution is 2.26. The zero-order valence-electron chi connectivity index (χ0n) is 15.0. The first kappa shape index (κ1) is 19.2. The van der Waals surface area contributed by atoms with Crippen molar-refractivity contribution in [2.75, 3.05) is 13.1 Å². The standard InChI is InChI=1S/C19H30N2O2/c1-13(2)16-7-9-17(10-8-16)18(14(3)4)19(23)21-12-6-11-20-15(5)22/h7-10,13-14,18H,6,11-12H2,1-5H3,(H,20,22)(H,21,23). The molecule has 0 bridgehead atoms. The molecule has 0 saturated carbocycles. The van der Waals surface area contributed by atoms with E-state index in [-0.39, 0.29) is 23.7 Å². The predicted octanol–water partition coefficient (Wildman–Crippen LogP) is 3.19. The van der Waals surface area contributed by atoms with E-state index in [0.29, 0.717) is 19.0 Å². The lowest BCUT2D eigenvalue weighted by molar-refractivity contribution is -0.123. The minimum Gasteiger partial charge on any atom is -0.356 e. The van der Waals surface area contributed by atoms with E-state index in [4.69, 9.17) is 0 Å². The third kappa shape index (κ3) is 6.43. The number of nitrogens with one attached hydrogen (secondary N) is 2. The molecule has 0 radical (unpaired) electrons. The molecule has 0 saturated heterocycles. The third-order valence-corrected chi connectivity index (χ3v) is 3.94. The van der Waals surface area contributed by atoms with E-state index in [1.54, 1.807) is 0 Å². The summed E-state index contributed by atoms with van der Waals surface area (Å²) in [6.45, 7) is 11.1. The molecule has 0 aliphatic carbocycles. The van der Waals surface area contributed by atoms with Gasteiger partial charge in [-0.25, -0.2) is 0 Å². The first-order chi connectivity index (χ1) is 10.8. The van der Waals surface area contributed by atoms with Crippen LogP contribution >= 0.6 is 0 Å². The Morgan fingerprint density at radius 1 is 0.913 bits per heavy atom. The smallest absolute Gasteiger partial charge is 0.227 e. The van der Waals surface area contributed by atoms with Crippen molar-refractivity contribution < 1.29 is 9.59 Å². The fraction of sp³-hybridized carbons (Fsp3) is 0.579. The second-order valence-electron chi connectivity index (χ2n) is 6.67. The Balaban J connectivity index is 2.63. The van der Waals surface area contributed by atoms with E-state index in [1.165, 1.54) is 12.5 Å². The number of amides is 2. The van der Waals surface area contributed by atoms with Gasteiger partial charge in [-0.1, -0.05) is 52.0 Å². The van der Waals surface area contributed by atoms with Gasteiger partial charge >= 0.3 is 0 Å². The minimum absolute atomic E-state index is 0.0402. The highest BCUT2D eigenvalue weighted by atomic mass is 16.2. The molecule has 2 amide bonds. The number of hydrogen-bond acceptors (Lipinski definition) is 2. The molecule has 2 N–H and O–H groups in total. The van der Waals surface area contributed by atoms with Crippen molar-refractivity contribution in [1.29, 1.82) is 0 Å². The van der Waals surface area contributed by atoms with Crippen molar-refractivity contribution in [3.8, 4) is 0 Å². The predicted molar refractivity (Wildman–Crippen MR) is 94.4 cm³/mol. The zero-order valence-corrected chi connectivity index (χ0v) is 15.0. The van der Waals surface area contributed by atoms with Crippen molar-refractivity contribution in [3.63, 3.8) is 0 Å². The Kier molecular flexibility index (Phi) is 7.79. The van der Waals surface area contributed by atoms with Crippen molar-refractivity contribution >= 4 is 11.8 Å². The van der Waals surface area contributed by atoms with E-state index < -0.39 is 0 Å². The van der Waals surface area contributed by atoms with E-state index in [1.807, 2.05) is 0 Å². The van der Waals surface area contributed by atoms with Crippen LogP contribution in [0.15, 0.2) is 24.3 Å². The molecule has 4 heteroatoms. The van der Waals surface area contributed by atoms with Crippen LogP contribution in [0.4, 0.5) is 0 Å². The lowest BCUT2D eigenvalue weighted by Crippen LogP contribution is -2.34. The van der Waals surface area contributed by atoms with Crippen LogP contribution in [-0.2, 0) is 9.59 Å². The fourth-order valence-electron chi connectivity index (χ4n) is 2.60. The van der Waals surface area contributed by atoms with Gasteiger partial charge in [0, 0.05) is 20.0 Å². The first-order valence-corrected chi connectivity index (χ1v) is 8.45. The van der Waals surface area contributed by atoms with Crippen LogP contribution in [0.25, 0.3) is 0 Å². The number of hydrogen-bond donors (Lipinski definition) is 2. The van der Waals surface area contributed by atoms with Crippen molar-refractivity contribution in [2.45, 2.75) is 52.9 Å². The molecule has 0 aliphatic heterocycles. The normalized spacial score (nSPS) is 12.3. The molecule has 1 unspecified atom stereocenters. The lowest BCUT2D eigenvalue weighted by atomic mass is 9.86. The number of carbonyl (C=O) groups excluding carboxylic acids is 2. The van der Waals surface area contributed by atoms with Crippen LogP contribution in [0, 0.1) is 5.92 Å². The van der Waals surface area contributed by atoms with Crippen LogP contribution in [0.5, 0.6) is 0 Å². The molecule has 0 aromatic heterocycles. The van der Waals surface area contributed by atoms with Crippen LogP contribution in [0.3, 0.4) is 0 Å². The summed E-state index contributed by atoms with van der Waals surface area (Å²) in [7, 11) is 0. The molecule has 23 heavy (non-hydrogen) atoms. The average molecular weight is 318 g/mol. The fourth-order valence-corrected chi connectivity index (χ4v) is 2.60. The van der Waals surface area contributed by atoms with E-state index in [9.17, 15) is 9.59 Å². The van der Waals surface area contributed by atoms with Crippen LogP contribution in [-0.4, -0.2) is 24.9 Å². The van der Waals surface area contributed by atoms with E-state index in [0.717, 1.165) is 12.0 Å². The van der Waals surface area contributed by atoms with Crippen molar-refractivity contribution in [1.82, 2.24) is 10.6 Å². The van der Waals surface area contributed by atoms with E-state index >= 15 is 0 Å². The molecule has 0 spiro atoms. The van der Waals surface area contributed by atoms with E-state index in [2.05, 4.69) is 62.6 Å². The minimum atomic E-state index is -0.142. The first-order valence-electron chi connectivity index (χ1n) is 8.45. The molecule has 1 aromatic rings. The zero-order chi connectivity index (χ0) is 17.4. The molecule has 0 fully saturated rings. The molecule has 1 rings (SSSR count). The summed E-state index contributed by atoms with van der Waals surface area (Å²) >= 11 is 0. The highest BCUT2D eigenvalue weighted by molar-refractivity contribution is 5.83. The molecule has 4 nitrogen and oxygen atoms in total. The summed E-state index contributed by atoms with van der Waals surface area (Å²) in [4.78, 5) is 23.3. The Labute approximate surface area is 140 Å². The summed E-state index contributed by atoms with van der Waals surface area (Å²) in [5, 5.41) is 5.71. The summed E-state index contributed by atoms with van der Waals surface area (Å²) in [5.41, 5.74) is 2.34. The number of carbonyl (C=O) groups is 2. The average Bonchev–Trinajstić information content (AvgIpc) is 2.46. The monoisotopic (exact) mass is 318 g/mol. The molecule has 1 atom stereocenters. The highest BCUT2D eigenvalue weighted by Gasteiger charge is 2.23. The van der Waals surface area contributed by atoms with Gasteiger partial charge in [0.2, 0.25) is 11.8 Å². The van der Waals surface area contributed by atoms with Gasteiger partial charge in [0.15, 0.2) is 0 Å². The van der Waals surface area contributed by atoms with Gasteiger partial charge in [0.25, 0.3) is 0 Å². The quantitative estimate of drug-likeness (QED) is 0.723. The molecule has 0 aliphatic rings. The largest absolute Gasteiger partial charge is 0.356 e. The maximum atomic E-state index is 12.5. The summed E-state index contributed by atoms with van der Waals surface area (Å²) in [6.07, 6.45) is 0.739. The van der Waals surface area contributed by atoms with Gasteiger partial charge in [-0.2, -0.15) is 0 Å². The van der Waals surface area contributed by atoms with Gasteiger partial charge in [-0.15, -0.1) is 0 Å².